The molecule has 2 aromatic rings. The molecule has 2 aromatic heterocycles. The molecule has 2 aliphatic rings. The van der Waals surface area contributed by atoms with E-state index < -0.39 is 5.97 Å². The number of hydrogen-bond donors (Lipinski definition) is 0. The summed E-state index contributed by atoms with van der Waals surface area (Å²) in [7, 11) is 3.11. The van der Waals surface area contributed by atoms with Crippen molar-refractivity contribution in [1.29, 1.82) is 0 Å². The first-order valence-corrected chi connectivity index (χ1v) is 13.0. The van der Waals surface area contributed by atoms with Crippen LogP contribution in [0, 0.1) is 6.92 Å². The van der Waals surface area contributed by atoms with Gasteiger partial charge >= 0.3 is 5.97 Å². The van der Waals surface area contributed by atoms with Crippen LogP contribution in [0.3, 0.4) is 0 Å². The fraction of sp³-hybridized carbons (Fsp3) is 0.630. The van der Waals surface area contributed by atoms with Crippen molar-refractivity contribution in [2.75, 3.05) is 45.4 Å². The van der Waals surface area contributed by atoms with Crippen LogP contribution < -0.4 is 4.90 Å². The minimum Gasteiger partial charge on any atom is -0.465 e. The summed E-state index contributed by atoms with van der Waals surface area (Å²) in [4.78, 5) is 24.2. The second kappa shape index (κ2) is 13.5. The van der Waals surface area contributed by atoms with Gasteiger partial charge in [-0.05, 0) is 50.8 Å². The quantitative estimate of drug-likeness (QED) is 0.425. The Balaban J connectivity index is 0.000000840. The van der Waals surface area contributed by atoms with E-state index in [1.807, 2.05) is 23.9 Å². The lowest BCUT2D eigenvalue weighted by atomic mass is 10.0. The van der Waals surface area contributed by atoms with Gasteiger partial charge in [0.2, 0.25) is 0 Å². The van der Waals surface area contributed by atoms with E-state index in [0.717, 1.165) is 25.9 Å². The van der Waals surface area contributed by atoms with Crippen molar-refractivity contribution in [3.05, 3.63) is 40.8 Å². The number of pyridine rings is 1. The molecule has 0 aliphatic carbocycles. The van der Waals surface area contributed by atoms with Crippen LogP contribution in [0.5, 0.6) is 0 Å². The number of ether oxygens (including phenoxy) is 3. The molecule has 4 heterocycles. The van der Waals surface area contributed by atoms with E-state index in [4.69, 9.17) is 24.3 Å². The van der Waals surface area contributed by atoms with Gasteiger partial charge in [0, 0.05) is 26.4 Å². The predicted octanol–water partition coefficient (Wildman–Crippen LogP) is 4.57. The molecule has 2 fully saturated rings. The van der Waals surface area contributed by atoms with Crippen molar-refractivity contribution in [2.24, 2.45) is 4.99 Å². The van der Waals surface area contributed by atoms with Crippen molar-refractivity contribution in [1.82, 2.24) is 14.8 Å². The van der Waals surface area contributed by atoms with Gasteiger partial charge in [0.25, 0.3) is 0 Å². The molecule has 0 aromatic carbocycles. The fourth-order valence-electron chi connectivity index (χ4n) is 4.26. The summed E-state index contributed by atoms with van der Waals surface area (Å²) < 4.78 is 18.3. The summed E-state index contributed by atoms with van der Waals surface area (Å²) in [5.41, 5.74) is 3.14. The number of morpholine rings is 1. The number of methoxy groups -OCH3 is 1. The van der Waals surface area contributed by atoms with Crippen LogP contribution in [0.25, 0.3) is 0 Å². The van der Waals surface area contributed by atoms with Crippen molar-refractivity contribution >= 4 is 17.5 Å². The topological polar surface area (TPSA) is 91.1 Å². The normalized spacial score (nSPS) is 20.5. The van der Waals surface area contributed by atoms with Crippen LogP contribution in [0.15, 0.2) is 23.3 Å². The Morgan fingerprint density at radius 1 is 1.25 bits per heavy atom. The van der Waals surface area contributed by atoms with Crippen LogP contribution in [0.2, 0.25) is 0 Å². The van der Waals surface area contributed by atoms with Gasteiger partial charge in [-0.3, -0.25) is 4.99 Å². The molecule has 0 amide bonds. The van der Waals surface area contributed by atoms with E-state index >= 15 is 0 Å². The molecule has 4 rings (SSSR count). The van der Waals surface area contributed by atoms with E-state index in [-0.39, 0.29) is 12.3 Å². The van der Waals surface area contributed by atoms with Crippen LogP contribution in [-0.2, 0) is 14.2 Å². The van der Waals surface area contributed by atoms with E-state index in [1.54, 1.807) is 13.1 Å². The first-order valence-electron chi connectivity index (χ1n) is 13.0. The van der Waals surface area contributed by atoms with Gasteiger partial charge in [-0.25, -0.2) is 14.5 Å². The van der Waals surface area contributed by atoms with Gasteiger partial charge in [0.15, 0.2) is 0 Å². The Morgan fingerprint density at radius 2 is 2.03 bits per heavy atom. The van der Waals surface area contributed by atoms with Crippen molar-refractivity contribution < 1.29 is 19.0 Å². The average Bonchev–Trinajstić information content (AvgIpc) is 3.40. The van der Waals surface area contributed by atoms with E-state index in [1.165, 1.54) is 20.0 Å². The Morgan fingerprint density at radius 3 is 2.64 bits per heavy atom. The van der Waals surface area contributed by atoms with Gasteiger partial charge in [-0.2, -0.15) is 5.10 Å². The van der Waals surface area contributed by atoms with Gasteiger partial charge in [0.05, 0.1) is 37.6 Å². The summed E-state index contributed by atoms with van der Waals surface area (Å²) in [5, 5.41) is 4.75. The molecule has 9 nitrogen and oxygen atoms in total. The summed E-state index contributed by atoms with van der Waals surface area (Å²) in [6.07, 6.45) is 7.64. The Bertz CT molecular complexity index is 1030. The highest BCUT2D eigenvalue weighted by Crippen LogP contribution is 2.26. The predicted molar refractivity (Wildman–Crippen MR) is 141 cm³/mol. The molecule has 0 bridgehead atoms. The fourth-order valence-corrected chi connectivity index (χ4v) is 4.26. The number of rotatable bonds is 6. The zero-order valence-electron chi connectivity index (χ0n) is 22.6. The first kappa shape index (κ1) is 27.8. The van der Waals surface area contributed by atoms with Gasteiger partial charge in [0.1, 0.15) is 23.5 Å². The zero-order valence-corrected chi connectivity index (χ0v) is 22.6. The lowest BCUT2D eigenvalue weighted by molar-refractivity contribution is -0.0395. The maximum absolute atomic E-state index is 12.6. The van der Waals surface area contributed by atoms with Crippen LogP contribution in [0.4, 0.5) is 5.82 Å². The number of nitrogens with zero attached hydrogens (tertiary/aromatic N) is 5. The summed E-state index contributed by atoms with van der Waals surface area (Å²) in [6, 6.07) is 3.86. The smallest absolute Gasteiger partial charge is 0.338 e. The molecule has 2 saturated heterocycles. The Kier molecular flexibility index (Phi) is 10.4. The maximum Gasteiger partial charge on any atom is 0.338 e. The first-order chi connectivity index (χ1) is 17.4. The molecular formula is C27H41N5O4. The third-order valence-corrected chi connectivity index (χ3v) is 6.58. The van der Waals surface area contributed by atoms with Crippen LogP contribution in [-0.4, -0.2) is 73.0 Å². The third-order valence-electron chi connectivity index (χ3n) is 6.58. The highest BCUT2D eigenvalue weighted by atomic mass is 16.5. The highest BCUT2D eigenvalue weighted by molar-refractivity contribution is 6.12. The lowest BCUT2D eigenvalue weighted by Crippen LogP contribution is -2.44. The zero-order chi connectivity index (χ0) is 26.1. The number of carbonyl (C=O) groups excluding carboxylic acids is 1. The molecule has 0 spiro atoms. The van der Waals surface area contributed by atoms with Crippen LogP contribution >= 0.6 is 0 Å². The summed E-state index contributed by atoms with van der Waals surface area (Å²) in [5.74, 6) is 0.308. The standard InChI is InChI=1S/C23H31N5O4.C4H10/c1-15-14-31-12-10-27(15)19-13-17(23(29)30-4)16(2)21(25-19)22(24-3)18-8-9-28(26-18)20-7-5-6-11-32-20;1-3-4-2/h8-9,13,15,20H,5-7,10-12,14H2,1-4H3;3-4H2,1-2H3/t15-,20?;/m1./s1. The lowest BCUT2D eigenvalue weighted by Gasteiger charge is -2.34. The number of hydrogen-bond acceptors (Lipinski definition) is 8. The number of aromatic nitrogens is 3. The number of aliphatic imine (C=N–C) groups is 1. The molecule has 2 atom stereocenters. The molecular weight excluding hydrogens is 458 g/mol. The molecule has 2 aliphatic heterocycles. The largest absolute Gasteiger partial charge is 0.465 e. The number of carbonyl (C=O) groups is 1. The Hall–Kier alpha value is -2.78. The second-order valence-corrected chi connectivity index (χ2v) is 9.18. The molecule has 9 heteroatoms. The Labute approximate surface area is 214 Å². The minimum absolute atomic E-state index is 0.0594. The van der Waals surface area contributed by atoms with E-state index in [0.29, 0.717) is 53.8 Å². The number of esters is 1. The third kappa shape index (κ3) is 6.50. The average molecular weight is 500 g/mol. The summed E-state index contributed by atoms with van der Waals surface area (Å²) in [6.45, 7) is 11.0. The SMILES string of the molecule is CCCC.CN=C(c1ccn(C2CCCCO2)n1)c1nc(N2CCOC[C@H]2C)cc(C(=O)OC)c1C. The second-order valence-electron chi connectivity index (χ2n) is 9.18. The highest BCUT2D eigenvalue weighted by Gasteiger charge is 2.27. The van der Waals surface area contributed by atoms with Gasteiger partial charge in [-0.1, -0.05) is 26.7 Å². The number of anilines is 1. The minimum atomic E-state index is -0.398. The molecule has 0 N–H and O–H groups in total. The summed E-state index contributed by atoms with van der Waals surface area (Å²) >= 11 is 0. The molecule has 198 valence electrons. The molecule has 0 radical (unpaired) electrons. The van der Waals surface area contributed by atoms with Crippen molar-refractivity contribution in [2.45, 2.75) is 72.1 Å². The van der Waals surface area contributed by atoms with E-state index in [2.05, 4.69) is 30.7 Å². The molecule has 1 unspecified atom stereocenters. The maximum atomic E-state index is 12.6. The molecule has 0 saturated carbocycles. The monoisotopic (exact) mass is 499 g/mol. The molecule has 36 heavy (non-hydrogen) atoms. The number of unbranched alkanes of at least 4 members (excludes halogenated alkanes) is 1. The van der Waals surface area contributed by atoms with Crippen molar-refractivity contribution in [3.8, 4) is 0 Å². The van der Waals surface area contributed by atoms with Crippen LogP contribution in [0.1, 0.15) is 86.4 Å². The van der Waals surface area contributed by atoms with Crippen molar-refractivity contribution in [3.63, 3.8) is 0 Å². The van der Waals surface area contributed by atoms with Gasteiger partial charge in [-0.15, -0.1) is 0 Å². The van der Waals surface area contributed by atoms with E-state index in [9.17, 15) is 4.79 Å². The van der Waals surface area contributed by atoms with Gasteiger partial charge < -0.3 is 19.1 Å².